The molecule has 34 heavy (non-hydrogen) atoms. The van der Waals surface area contributed by atoms with Crippen molar-refractivity contribution in [1.29, 1.82) is 0 Å². The Hall–Kier alpha value is -2.40. The van der Waals surface area contributed by atoms with Crippen LogP contribution in [0.3, 0.4) is 0 Å². The summed E-state index contributed by atoms with van der Waals surface area (Å²) in [4.78, 5) is 14.9. The van der Waals surface area contributed by atoms with Crippen molar-refractivity contribution in [2.45, 2.75) is 31.4 Å². The molecule has 1 heterocycles. The zero-order valence-corrected chi connectivity index (χ0v) is 20.6. The van der Waals surface area contributed by atoms with Crippen LogP contribution in [-0.4, -0.2) is 35.6 Å². The molecule has 0 unspecified atom stereocenters. The van der Waals surface area contributed by atoms with Gasteiger partial charge >= 0.3 is 5.97 Å². The number of benzene rings is 3. The van der Waals surface area contributed by atoms with Crippen molar-refractivity contribution in [3.8, 4) is 0 Å². The molecule has 0 aliphatic carbocycles. The molecule has 0 bridgehead atoms. The first kappa shape index (κ1) is 26.2. The van der Waals surface area contributed by atoms with Gasteiger partial charge in [0.25, 0.3) is 0 Å². The zero-order chi connectivity index (χ0) is 23.3. The molecule has 0 spiro atoms. The number of piperidine rings is 1. The highest BCUT2D eigenvalue weighted by atomic mass is 35.5. The zero-order valence-electron chi connectivity index (χ0n) is 19.0. The highest BCUT2D eigenvalue weighted by Gasteiger charge is 2.43. The van der Waals surface area contributed by atoms with Gasteiger partial charge in [-0.15, -0.1) is 12.4 Å². The summed E-state index contributed by atoms with van der Waals surface area (Å²) < 4.78 is 15.7. The lowest BCUT2D eigenvalue weighted by Gasteiger charge is -2.41. The highest BCUT2D eigenvalue weighted by Crippen LogP contribution is 2.39. The van der Waals surface area contributed by atoms with Gasteiger partial charge in [-0.25, -0.2) is 4.39 Å². The van der Waals surface area contributed by atoms with Crippen molar-refractivity contribution in [1.82, 2.24) is 4.90 Å². The molecule has 3 nitrogen and oxygen atoms in total. The molecule has 3 aromatic carbocycles. The van der Waals surface area contributed by atoms with Crippen LogP contribution >= 0.6 is 24.0 Å². The Bertz CT molecular complexity index is 1010. The normalized spacial score (nSPS) is 15.9. The van der Waals surface area contributed by atoms with Crippen LogP contribution in [0.5, 0.6) is 0 Å². The molecule has 0 radical (unpaired) electrons. The summed E-state index contributed by atoms with van der Waals surface area (Å²) in [7, 11) is 0. The van der Waals surface area contributed by atoms with E-state index in [1.807, 2.05) is 60.7 Å². The number of hydrogen-bond acceptors (Lipinski definition) is 2. The van der Waals surface area contributed by atoms with Crippen LogP contribution in [0.4, 0.5) is 4.39 Å². The topological polar surface area (TPSA) is 40.5 Å². The van der Waals surface area contributed by atoms with Gasteiger partial charge in [0.15, 0.2) is 0 Å². The van der Waals surface area contributed by atoms with E-state index >= 15 is 4.39 Å². The number of carbonyl (C=O) groups is 1. The number of nitrogens with zero attached hydrogens (tertiary/aromatic N) is 1. The maximum Gasteiger partial charge on any atom is 0.311 e. The monoisotopic (exact) mass is 501 g/mol. The molecular formula is C28H30Cl2FNO2. The summed E-state index contributed by atoms with van der Waals surface area (Å²) in [5.41, 5.74) is 0.220. The van der Waals surface area contributed by atoms with Crippen LogP contribution in [0.25, 0.3) is 0 Å². The van der Waals surface area contributed by atoms with Crippen LogP contribution in [-0.2, 0) is 23.3 Å². The molecule has 1 fully saturated rings. The van der Waals surface area contributed by atoms with Gasteiger partial charge in [0.05, 0.1) is 5.41 Å². The van der Waals surface area contributed by atoms with E-state index in [-0.39, 0.29) is 12.4 Å². The number of rotatable bonds is 8. The molecule has 0 amide bonds. The van der Waals surface area contributed by atoms with Crippen molar-refractivity contribution in [3.63, 3.8) is 0 Å². The number of halogens is 3. The minimum Gasteiger partial charge on any atom is -0.481 e. The standard InChI is InChI=1S/C28H29ClFNO2.ClH/c29-25-13-11-24(12-14-25)28(30)15-17-31(18-16-28)21-27(26(32)33,19-22-7-3-1-4-8-22)20-23-9-5-2-6-10-23;/h1-14H,15-21H2,(H,32,33);1H. The van der Waals surface area contributed by atoms with Crippen molar-refractivity contribution >= 4 is 30.0 Å². The highest BCUT2D eigenvalue weighted by molar-refractivity contribution is 6.30. The van der Waals surface area contributed by atoms with Crippen LogP contribution in [0.2, 0.25) is 5.02 Å². The lowest BCUT2D eigenvalue weighted by molar-refractivity contribution is -0.150. The summed E-state index contributed by atoms with van der Waals surface area (Å²) in [6.07, 6.45) is 1.51. The van der Waals surface area contributed by atoms with Gasteiger partial charge in [-0.1, -0.05) is 84.4 Å². The second-order valence-electron chi connectivity index (χ2n) is 9.16. The van der Waals surface area contributed by atoms with Gasteiger partial charge in [0.1, 0.15) is 5.67 Å². The van der Waals surface area contributed by atoms with Gasteiger partial charge in [-0.3, -0.25) is 4.79 Å². The summed E-state index contributed by atoms with van der Waals surface area (Å²) >= 11 is 5.97. The fraction of sp³-hybridized carbons (Fsp3) is 0.321. The minimum atomic E-state index is -1.41. The van der Waals surface area contributed by atoms with Crippen LogP contribution in [0.15, 0.2) is 84.9 Å². The quantitative estimate of drug-likeness (QED) is 0.378. The predicted octanol–water partition coefficient (Wildman–Crippen LogP) is 6.58. The molecule has 1 saturated heterocycles. The van der Waals surface area contributed by atoms with E-state index in [0.29, 0.717) is 55.9 Å². The van der Waals surface area contributed by atoms with Crippen molar-refractivity contribution in [2.75, 3.05) is 19.6 Å². The predicted molar refractivity (Wildman–Crippen MR) is 138 cm³/mol. The molecule has 0 aromatic heterocycles. The summed E-state index contributed by atoms with van der Waals surface area (Å²) in [6, 6.07) is 26.5. The second kappa shape index (κ2) is 11.4. The van der Waals surface area contributed by atoms with Gasteiger partial charge in [0.2, 0.25) is 0 Å². The Morgan fingerprint density at radius 1 is 0.882 bits per heavy atom. The molecular weight excluding hydrogens is 472 g/mol. The van der Waals surface area contributed by atoms with E-state index in [0.717, 1.165) is 11.1 Å². The summed E-state index contributed by atoms with van der Waals surface area (Å²) in [5, 5.41) is 11.1. The Kier molecular flexibility index (Phi) is 8.75. The number of likely N-dealkylation sites (tertiary alicyclic amines) is 1. The molecule has 0 saturated carbocycles. The maximum absolute atomic E-state index is 15.7. The minimum absolute atomic E-state index is 0. The van der Waals surface area contributed by atoms with Crippen molar-refractivity contribution < 1.29 is 14.3 Å². The van der Waals surface area contributed by atoms with Gasteiger partial charge in [-0.2, -0.15) is 0 Å². The molecule has 1 aliphatic heterocycles. The van der Waals surface area contributed by atoms with E-state index in [1.54, 1.807) is 24.3 Å². The lowest BCUT2D eigenvalue weighted by Crippen LogP contribution is -2.50. The number of carboxylic acids is 1. The smallest absolute Gasteiger partial charge is 0.311 e. The lowest BCUT2D eigenvalue weighted by atomic mass is 9.75. The van der Waals surface area contributed by atoms with E-state index in [1.165, 1.54) is 0 Å². The Balaban J connectivity index is 0.00000324. The van der Waals surface area contributed by atoms with Crippen LogP contribution in [0.1, 0.15) is 29.5 Å². The first-order valence-corrected chi connectivity index (χ1v) is 11.7. The molecule has 4 rings (SSSR count). The van der Waals surface area contributed by atoms with Crippen LogP contribution < -0.4 is 0 Å². The molecule has 1 N–H and O–H groups in total. The number of carboxylic acid groups (broad SMARTS) is 1. The fourth-order valence-electron chi connectivity index (χ4n) is 4.90. The van der Waals surface area contributed by atoms with E-state index in [9.17, 15) is 9.90 Å². The summed E-state index contributed by atoms with van der Waals surface area (Å²) in [6.45, 7) is 1.40. The second-order valence-corrected chi connectivity index (χ2v) is 9.60. The summed E-state index contributed by atoms with van der Waals surface area (Å²) in [5.74, 6) is -0.815. The van der Waals surface area contributed by atoms with Gasteiger partial charge < -0.3 is 10.0 Å². The molecule has 3 aromatic rings. The maximum atomic E-state index is 15.7. The van der Waals surface area contributed by atoms with Crippen LogP contribution in [0, 0.1) is 5.41 Å². The molecule has 0 atom stereocenters. The number of hydrogen-bond donors (Lipinski definition) is 1. The fourth-order valence-corrected chi connectivity index (χ4v) is 5.02. The van der Waals surface area contributed by atoms with E-state index in [2.05, 4.69) is 4.90 Å². The number of aliphatic carboxylic acids is 1. The SMILES string of the molecule is Cl.O=C(O)C(Cc1ccccc1)(Cc1ccccc1)CN1CCC(F)(c2ccc(Cl)cc2)CC1. The average Bonchev–Trinajstić information content (AvgIpc) is 2.82. The Labute approximate surface area is 212 Å². The number of alkyl halides is 1. The van der Waals surface area contributed by atoms with Crippen molar-refractivity contribution in [3.05, 3.63) is 107 Å². The largest absolute Gasteiger partial charge is 0.481 e. The third-order valence-electron chi connectivity index (χ3n) is 6.76. The first-order valence-electron chi connectivity index (χ1n) is 11.4. The van der Waals surface area contributed by atoms with Gasteiger partial charge in [0, 0.05) is 24.7 Å². The Morgan fingerprint density at radius 3 is 1.79 bits per heavy atom. The molecule has 180 valence electrons. The Morgan fingerprint density at radius 2 is 1.35 bits per heavy atom. The van der Waals surface area contributed by atoms with Crippen molar-refractivity contribution in [2.24, 2.45) is 5.41 Å². The third kappa shape index (κ3) is 6.18. The third-order valence-corrected chi connectivity index (χ3v) is 7.01. The first-order chi connectivity index (χ1) is 15.9. The average molecular weight is 502 g/mol. The molecule has 1 aliphatic rings. The molecule has 6 heteroatoms. The van der Waals surface area contributed by atoms with Gasteiger partial charge in [-0.05, 0) is 54.5 Å². The van der Waals surface area contributed by atoms with E-state index in [4.69, 9.17) is 11.6 Å². The van der Waals surface area contributed by atoms with E-state index < -0.39 is 17.1 Å².